The van der Waals surface area contributed by atoms with E-state index in [0.29, 0.717) is 30.1 Å². The Kier molecular flexibility index (Phi) is 4.30. The number of ketones is 2. The van der Waals surface area contributed by atoms with Crippen LogP contribution in [-0.2, 0) is 9.59 Å². The van der Waals surface area contributed by atoms with Crippen LogP contribution in [-0.4, -0.2) is 28.8 Å². The van der Waals surface area contributed by atoms with Gasteiger partial charge in [0.25, 0.3) is 0 Å². The minimum Gasteiger partial charge on any atom is -0.346 e. The lowest BCUT2D eigenvalue weighted by atomic mass is 9.88. The predicted molar refractivity (Wildman–Crippen MR) is 78.6 cm³/mol. The van der Waals surface area contributed by atoms with Gasteiger partial charge in [-0.25, -0.2) is 0 Å². The summed E-state index contributed by atoms with van der Waals surface area (Å²) in [6.45, 7) is 4.25. The van der Waals surface area contributed by atoms with Crippen LogP contribution in [0.5, 0.6) is 0 Å². The molecular weight excluding hydrogens is 258 g/mol. The van der Waals surface area contributed by atoms with Crippen molar-refractivity contribution in [3.63, 3.8) is 0 Å². The van der Waals surface area contributed by atoms with Crippen molar-refractivity contribution in [1.82, 2.24) is 4.90 Å². The first-order chi connectivity index (χ1) is 8.99. The third-order valence-electron chi connectivity index (χ3n) is 3.11. The molecule has 2 aliphatic rings. The lowest BCUT2D eigenvalue weighted by Crippen LogP contribution is -2.22. The Balaban J connectivity index is 2.38. The van der Waals surface area contributed by atoms with Crippen molar-refractivity contribution >= 4 is 23.3 Å². The first kappa shape index (κ1) is 14.1. The molecule has 0 aromatic rings. The molecule has 4 heteroatoms. The predicted octanol–water partition coefficient (Wildman–Crippen LogP) is 3.05. The van der Waals surface area contributed by atoms with Crippen LogP contribution in [0.25, 0.3) is 0 Å². The number of hydrogen-bond acceptors (Lipinski definition) is 4. The minimum absolute atomic E-state index is 0.00870. The summed E-state index contributed by atoms with van der Waals surface area (Å²) in [5, 5.41) is 1.54. The molecular formula is C15H19NO2S. The standard InChI is InChI=1S/C15H19NO2S/c1-10(2)19-14-9-11(7-8-16(14)3)15-12(17)5-4-6-13(15)18/h7-10H,4-6H2,1-3H3. The summed E-state index contributed by atoms with van der Waals surface area (Å²) in [7, 11) is 1.98. The normalized spacial score (nSPS) is 20.4. The van der Waals surface area contributed by atoms with Crippen LogP contribution in [0.2, 0.25) is 0 Å². The van der Waals surface area contributed by atoms with E-state index in [9.17, 15) is 9.59 Å². The van der Waals surface area contributed by atoms with Crippen LogP contribution >= 0.6 is 11.8 Å². The molecule has 0 bridgehead atoms. The van der Waals surface area contributed by atoms with Gasteiger partial charge < -0.3 is 4.90 Å². The molecule has 1 aliphatic heterocycles. The maximum Gasteiger partial charge on any atom is 0.167 e. The van der Waals surface area contributed by atoms with Gasteiger partial charge in [-0.05, 0) is 24.1 Å². The van der Waals surface area contributed by atoms with Gasteiger partial charge in [-0.3, -0.25) is 9.59 Å². The van der Waals surface area contributed by atoms with Crippen molar-refractivity contribution in [1.29, 1.82) is 0 Å². The van der Waals surface area contributed by atoms with Crippen LogP contribution in [0.1, 0.15) is 33.1 Å². The topological polar surface area (TPSA) is 37.4 Å². The first-order valence-corrected chi connectivity index (χ1v) is 7.47. The van der Waals surface area contributed by atoms with Crippen molar-refractivity contribution in [3.8, 4) is 0 Å². The van der Waals surface area contributed by atoms with E-state index in [0.717, 1.165) is 10.6 Å². The summed E-state index contributed by atoms with van der Waals surface area (Å²) in [6.07, 6.45) is 7.42. The van der Waals surface area contributed by atoms with E-state index in [1.54, 1.807) is 11.8 Å². The number of hydrogen-bond donors (Lipinski definition) is 0. The summed E-state index contributed by atoms with van der Waals surface area (Å²) >= 11 is 1.73. The fourth-order valence-electron chi connectivity index (χ4n) is 2.20. The van der Waals surface area contributed by atoms with E-state index in [4.69, 9.17) is 0 Å². The monoisotopic (exact) mass is 277 g/mol. The van der Waals surface area contributed by atoms with Gasteiger partial charge >= 0.3 is 0 Å². The summed E-state index contributed by atoms with van der Waals surface area (Å²) in [6, 6.07) is 0. The van der Waals surface area contributed by atoms with Crippen LogP contribution < -0.4 is 0 Å². The molecule has 0 amide bonds. The smallest absolute Gasteiger partial charge is 0.167 e. The molecule has 0 radical (unpaired) electrons. The second-order valence-electron chi connectivity index (χ2n) is 5.11. The first-order valence-electron chi connectivity index (χ1n) is 6.59. The molecule has 102 valence electrons. The molecule has 1 fully saturated rings. The maximum absolute atomic E-state index is 12.0. The van der Waals surface area contributed by atoms with Gasteiger partial charge in [0.1, 0.15) is 0 Å². The van der Waals surface area contributed by atoms with E-state index in [-0.39, 0.29) is 11.6 Å². The molecule has 0 spiro atoms. The maximum atomic E-state index is 12.0. The fraction of sp³-hybridized carbons (Fsp3) is 0.467. The summed E-state index contributed by atoms with van der Waals surface area (Å²) in [5.41, 5.74) is 1.17. The Hall–Kier alpha value is -1.29. The number of allylic oxidation sites excluding steroid dienone is 4. The molecule has 1 heterocycles. The average Bonchev–Trinajstić information content (AvgIpc) is 2.32. The zero-order valence-electron chi connectivity index (χ0n) is 11.6. The number of thioether (sulfide) groups is 1. The second-order valence-corrected chi connectivity index (χ2v) is 6.70. The number of nitrogens with zero attached hydrogens (tertiary/aromatic N) is 1. The van der Waals surface area contributed by atoms with Crippen molar-refractivity contribution in [2.75, 3.05) is 7.05 Å². The molecule has 0 aromatic heterocycles. The summed E-state index contributed by atoms with van der Waals surface area (Å²) in [5.74, 6) is -0.0174. The second kappa shape index (κ2) is 5.78. The van der Waals surface area contributed by atoms with Gasteiger partial charge in [0.05, 0.1) is 10.6 Å². The fourth-order valence-corrected chi connectivity index (χ4v) is 3.10. The highest BCUT2D eigenvalue weighted by Gasteiger charge is 2.26. The molecule has 0 unspecified atom stereocenters. The van der Waals surface area contributed by atoms with Crippen LogP contribution in [0, 0.1) is 0 Å². The Morgan fingerprint density at radius 3 is 2.42 bits per heavy atom. The van der Waals surface area contributed by atoms with Crippen molar-refractivity contribution in [2.24, 2.45) is 0 Å². The number of Topliss-reactive ketones (excluding diaryl/α,β-unsaturated/α-hetero) is 2. The molecule has 0 aromatic carbocycles. The molecule has 0 saturated heterocycles. The SMILES string of the molecule is CC(C)SC1=CC(=C2C(=O)CCCC2=O)C=CN1C. The number of rotatable bonds is 2. The highest BCUT2D eigenvalue weighted by Crippen LogP contribution is 2.31. The van der Waals surface area contributed by atoms with E-state index >= 15 is 0 Å². The van der Waals surface area contributed by atoms with E-state index in [2.05, 4.69) is 13.8 Å². The van der Waals surface area contributed by atoms with Crippen LogP contribution in [0.3, 0.4) is 0 Å². The number of carbonyl (C=O) groups excluding carboxylic acids is 2. The van der Waals surface area contributed by atoms with E-state index in [1.165, 1.54) is 0 Å². The van der Waals surface area contributed by atoms with Gasteiger partial charge in [0, 0.05) is 31.3 Å². The number of carbonyl (C=O) groups is 2. The summed E-state index contributed by atoms with van der Waals surface area (Å²) in [4.78, 5) is 25.9. The van der Waals surface area contributed by atoms with Crippen molar-refractivity contribution in [3.05, 3.63) is 34.5 Å². The van der Waals surface area contributed by atoms with Gasteiger partial charge in [-0.15, -0.1) is 11.8 Å². The quantitative estimate of drug-likeness (QED) is 0.574. The van der Waals surface area contributed by atoms with E-state index in [1.807, 2.05) is 30.3 Å². The zero-order chi connectivity index (χ0) is 14.0. The van der Waals surface area contributed by atoms with Crippen molar-refractivity contribution in [2.45, 2.75) is 38.4 Å². The van der Waals surface area contributed by atoms with E-state index < -0.39 is 0 Å². The van der Waals surface area contributed by atoms with Gasteiger partial charge in [-0.1, -0.05) is 13.8 Å². The Bertz CT molecular complexity index is 482. The Labute approximate surface area is 118 Å². The summed E-state index contributed by atoms with van der Waals surface area (Å²) < 4.78 is 0. The molecule has 1 saturated carbocycles. The molecule has 3 nitrogen and oxygen atoms in total. The Morgan fingerprint density at radius 2 is 1.84 bits per heavy atom. The van der Waals surface area contributed by atoms with Crippen molar-refractivity contribution < 1.29 is 9.59 Å². The highest BCUT2D eigenvalue weighted by molar-refractivity contribution is 8.03. The lowest BCUT2D eigenvalue weighted by molar-refractivity contribution is -0.123. The van der Waals surface area contributed by atoms with Crippen LogP contribution in [0.15, 0.2) is 34.5 Å². The van der Waals surface area contributed by atoms with Gasteiger partial charge in [0.15, 0.2) is 11.6 Å². The molecule has 19 heavy (non-hydrogen) atoms. The third kappa shape index (κ3) is 3.18. The molecule has 1 aliphatic carbocycles. The zero-order valence-corrected chi connectivity index (χ0v) is 12.4. The average molecular weight is 277 g/mol. The molecule has 0 atom stereocenters. The Morgan fingerprint density at radius 1 is 1.21 bits per heavy atom. The van der Waals surface area contributed by atoms with Gasteiger partial charge in [-0.2, -0.15) is 0 Å². The molecule has 0 N–H and O–H groups in total. The van der Waals surface area contributed by atoms with Crippen LogP contribution in [0.4, 0.5) is 0 Å². The third-order valence-corrected chi connectivity index (χ3v) is 4.23. The molecule has 2 rings (SSSR count). The minimum atomic E-state index is -0.00870. The van der Waals surface area contributed by atoms with Gasteiger partial charge in [0.2, 0.25) is 0 Å². The highest BCUT2D eigenvalue weighted by atomic mass is 32.2. The lowest BCUT2D eigenvalue weighted by Gasteiger charge is -2.24. The largest absolute Gasteiger partial charge is 0.346 e.